The zero-order valence-electron chi connectivity index (χ0n) is 10.3. The predicted octanol–water partition coefficient (Wildman–Crippen LogP) is 2.46. The third-order valence-electron chi connectivity index (χ3n) is 3.24. The molecule has 0 aliphatic heterocycles. The van der Waals surface area contributed by atoms with Crippen LogP contribution >= 0.6 is 0 Å². The van der Waals surface area contributed by atoms with Gasteiger partial charge in [0.25, 0.3) is 0 Å². The van der Waals surface area contributed by atoms with E-state index in [4.69, 9.17) is 10.6 Å². The Balaban J connectivity index is 1.99. The summed E-state index contributed by atoms with van der Waals surface area (Å²) in [7, 11) is 0. The van der Waals surface area contributed by atoms with Crippen LogP contribution in [0, 0.1) is 5.92 Å². The van der Waals surface area contributed by atoms with Crippen molar-refractivity contribution < 1.29 is 9.53 Å². The number of carbonyl (C=O) groups excluding carboxylic acids is 1. The minimum atomic E-state index is -0.114. The fourth-order valence-corrected chi connectivity index (χ4v) is 2.28. The van der Waals surface area contributed by atoms with E-state index < -0.39 is 0 Å². The van der Waals surface area contributed by atoms with E-state index >= 15 is 0 Å². The van der Waals surface area contributed by atoms with E-state index in [1.807, 2.05) is 12.1 Å². The number of nitrogens with two attached hydrogens (primary N) is 1. The predicted molar refractivity (Wildman–Crippen MR) is 70.4 cm³/mol. The number of hydrogen-bond donors (Lipinski definition) is 1. The highest BCUT2D eigenvalue weighted by atomic mass is 16.5. The molecule has 0 atom stereocenters. The molecule has 2 rings (SSSR count). The molecule has 96 valence electrons. The van der Waals surface area contributed by atoms with Crippen molar-refractivity contribution in [3.8, 4) is 5.75 Å². The second-order valence-corrected chi connectivity index (χ2v) is 4.61. The highest BCUT2D eigenvalue weighted by molar-refractivity contribution is 5.81. The molecule has 1 aliphatic carbocycles. The Bertz CT molecular complexity index is 437. The van der Waals surface area contributed by atoms with E-state index in [0.29, 0.717) is 5.75 Å². The van der Waals surface area contributed by atoms with E-state index in [2.05, 4.69) is 5.10 Å². The second-order valence-electron chi connectivity index (χ2n) is 4.61. The first-order chi connectivity index (χ1) is 8.79. The maximum absolute atomic E-state index is 12.0. The van der Waals surface area contributed by atoms with Crippen molar-refractivity contribution >= 4 is 12.2 Å². The topological polar surface area (TPSA) is 64.7 Å². The van der Waals surface area contributed by atoms with Gasteiger partial charge in [-0.25, -0.2) is 0 Å². The number of hydrazone groups is 1. The summed E-state index contributed by atoms with van der Waals surface area (Å²) in [4.78, 5) is 12.0. The molecule has 1 fully saturated rings. The highest BCUT2D eigenvalue weighted by Crippen LogP contribution is 2.25. The van der Waals surface area contributed by atoms with Gasteiger partial charge in [0.1, 0.15) is 5.75 Å². The smallest absolute Gasteiger partial charge is 0.314 e. The largest absolute Gasteiger partial charge is 0.426 e. The Kier molecular flexibility index (Phi) is 4.34. The Labute approximate surface area is 107 Å². The van der Waals surface area contributed by atoms with Crippen LogP contribution in [0.15, 0.2) is 29.4 Å². The van der Waals surface area contributed by atoms with Gasteiger partial charge >= 0.3 is 5.97 Å². The molecule has 0 spiro atoms. The summed E-state index contributed by atoms with van der Waals surface area (Å²) in [6.07, 6.45) is 6.90. The summed E-state index contributed by atoms with van der Waals surface area (Å²) in [6, 6.07) is 7.21. The van der Waals surface area contributed by atoms with Gasteiger partial charge in [-0.05, 0) is 30.5 Å². The van der Waals surface area contributed by atoms with E-state index in [9.17, 15) is 4.79 Å². The van der Waals surface area contributed by atoms with Crippen LogP contribution in [-0.2, 0) is 4.79 Å². The number of benzene rings is 1. The summed E-state index contributed by atoms with van der Waals surface area (Å²) in [6.45, 7) is 0. The van der Waals surface area contributed by atoms with E-state index in [1.165, 1.54) is 12.6 Å². The van der Waals surface area contributed by atoms with Crippen molar-refractivity contribution in [2.75, 3.05) is 0 Å². The first-order valence-corrected chi connectivity index (χ1v) is 6.34. The fraction of sp³-hybridized carbons (Fsp3) is 0.429. The molecule has 0 unspecified atom stereocenters. The molecule has 1 aromatic rings. The third-order valence-corrected chi connectivity index (χ3v) is 3.24. The zero-order valence-corrected chi connectivity index (χ0v) is 10.3. The van der Waals surface area contributed by atoms with Crippen LogP contribution in [0.5, 0.6) is 5.75 Å². The molecule has 0 radical (unpaired) electrons. The molecule has 4 heteroatoms. The van der Waals surface area contributed by atoms with Crippen LogP contribution in [0.25, 0.3) is 0 Å². The molecule has 0 aromatic heterocycles. The molecule has 0 heterocycles. The van der Waals surface area contributed by atoms with Gasteiger partial charge in [0.15, 0.2) is 0 Å². The number of nitrogens with zero attached hydrogens (tertiary/aromatic N) is 1. The third kappa shape index (κ3) is 3.32. The number of esters is 1. The second kappa shape index (κ2) is 6.19. The molecule has 1 aromatic carbocycles. The van der Waals surface area contributed by atoms with Crippen LogP contribution in [-0.4, -0.2) is 12.2 Å². The quantitative estimate of drug-likeness (QED) is 0.293. The van der Waals surface area contributed by atoms with Gasteiger partial charge in [0.05, 0.1) is 12.1 Å². The van der Waals surface area contributed by atoms with E-state index in [-0.39, 0.29) is 11.9 Å². The molecule has 0 bridgehead atoms. The van der Waals surface area contributed by atoms with Crippen LogP contribution < -0.4 is 10.6 Å². The van der Waals surface area contributed by atoms with Gasteiger partial charge < -0.3 is 10.6 Å². The van der Waals surface area contributed by atoms with Gasteiger partial charge in [-0.15, -0.1) is 0 Å². The molecular weight excluding hydrogens is 228 g/mol. The molecule has 0 amide bonds. The SMILES string of the molecule is NN=Cc1cccc(OC(=O)C2CCCCC2)c1. The molecule has 4 nitrogen and oxygen atoms in total. The minimum absolute atomic E-state index is 0.0607. The van der Waals surface area contributed by atoms with Crippen molar-refractivity contribution in [3.05, 3.63) is 29.8 Å². The standard InChI is InChI=1S/C14H18N2O2/c15-16-10-11-5-4-8-13(9-11)18-14(17)12-6-2-1-3-7-12/h4-5,8-10,12H,1-3,6-7,15H2. The first kappa shape index (κ1) is 12.6. The average molecular weight is 246 g/mol. The van der Waals surface area contributed by atoms with Crippen molar-refractivity contribution in [1.29, 1.82) is 0 Å². The minimum Gasteiger partial charge on any atom is -0.426 e. The lowest BCUT2D eigenvalue weighted by atomic mass is 9.89. The molecular formula is C14H18N2O2. The lowest BCUT2D eigenvalue weighted by Gasteiger charge is -2.19. The average Bonchev–Trinajstić information content (AvgIpc) is 2.40. The van der Waals surface area contributed by atoms with Crippen molar-refractivity contribution in [3.63, 3.8) is 0 Å². The Morgan fingerprint density at radius 1 is 1.33 bits per heavy atom. The Morgan fingerprint density at radius 3 is 2.83 bits per heavy atom. The Morgan fingerprint density at radius 2 is 2.11 bits per heavy atom. The molecule has 1 saturated carbocycles. The lowest BCUT2D eigenvalue weighted by Crippen LogP contribution is -2.22. The fourth-order valence-electron chi connectivity index (χ4n) is 2.28. The number of carbonyl (C=O) groups is 1. The van der Waals surface area contributed by atoms with Crippen LogP contribution in [0.4, 0.5) is 0 Å². The molecule has 0 saturated heterocycles. The van der Waals surface area contributed by atoms with Crippen LogP contribution in [0.3, 0.4) is 0 Å². The number of hydrogen-bond acceptors (Lipinski definition) is 4. The summed E-state index contributed by atoms with van der Waals surface area (Å²) < 4.78 is 5.40. The van der Waals surface area contributed by atoms with Gasteiger partial charge in [-0.3, -0.25) is 4.79 Å². The van der Waals surface area contributed by atoms with Gasteiger partial charge in [0, 0.05) is 0 Å². The monoisotopic (exact) mass is 246 g/mol. The van der Waals surface area contributed by atoms with E-state index in [0.717, 1.165) is 31.2 Å². The summed E-state index contributed by atoms with van der Waals surface area (Å²) in [5.41, 5.74) is 0.825. The van der Waals surface area contributed by atoms with Crippen molar-refractivity contribution in [1.82, 2.24) is 0 Å². The van der Waals surface area contributed by atoms with E-state index in [1.54, 1.807) is 12.1 Å². The zero-order chi connectivity index (χ0) is 12.8. The van der Waals surface area contributed by atoms with Crippen LogP contribution in [0.2, 0.25) is 0 Å². The first-order valence-electron chi connectivity index (χ1n) is 6.34. The van der Waals surface area contributed by atoms with Crippen molar-refractivity contribution in [2.24, 2.45) is 16.9 Å². The summed E-state index contributed by atoms with van der Waals surface area (Å²) >= 11 is 0. The highest BCUT2D eigenvalue weighted by Gasteiger charge is 2.22. The van der Waals surface area contributed by atoms with Gasteiger partial charge in [-0.2, -0.15) is 5.10 Å². The van der Waals surface area contributed by atoms with Crippen LogP contribution in [0.1, 0.15) is 37.7 Å². The Hall–Kier alpha value is -1.84. The van der Waals surface area contributed by atoms with Gasteiger partial charge in [0.2, 0.25) is 0 Å². The molecule has 2 N–H and O–H groups in total. The van der Waals surface area contributed by atoms with Crippen molar-refractivity contribution in [2.45, 2.75) is 32.1 Å². The molecule has 18 heavy (non-hydrogen) atoms. The maximum atomic E-state index is 12.0. The summed E-state index contributed by atoms with van der Waals surface area (Å²) in [5, 5.41) is 3.45. The maximum Gasteiger partial charge on any atom is 0.314 e. The van der Waals surface area contributed by atoms with Gasteiger partial charge in [-0.1, -0.05) is 31.4 Å². The summed E-state index contributed by atoms with van der Waals surface area (Å²) in [5.74, 6) is 5.60. The lowest BCUT2D eigenvalue weighted by molar-refractivity contribution is -0.139. The molecule has 1 aliphatic rings. The number of ether oxygens (including phenoxy) is 1. The normalized spacial score (nSPS) is 16.9. The number of rotatable bonds is 3.